The first-order valence-electron chi connectivity index (χ1n) is 22.6. The fourth-order valence-electron chi connectivity index (χ4n) is 8.99. The molecule has 0 fully saturated rings. The van der Waals surface area contributed by atoms with Crippen LogP contribution in [0.1, 0.15) is 70.1 Å². The van der Waals surface area contributed by atoms with Gasteiger partial charge in [-0.2, -0.15) is 11.6 Å². The molecule has 0 aliphatic carbocycles. The predicted octanol–water partition coefficient (Wildman–Crippen LogP) is 15.1. The second-order valence-electron chi connectivity index (χ2n) is 19.1. The standard InChI is InChI=1S/C41H33N2O.C17H23N2Si.Ir/c1-25(2)32-22-31(27-12-6-5-7-13-27)23-33(26(3)4)40(32)43-37-17-11-10-16-36(37)42-41(43)30-18-19-38-34(21-30)35-20-28-14-8-9-15-29(28)24-39(35)44-38;1-13(2)10-15-11-16(14-6-8-18-9-7-14)19-12-17(15)20(3,4)5;/h5-17,19-26H,1-4H3;6,8-9,11-13H,10H2,1-5H3;/q2*-1;. The Morgan fingerprint density at radius 1 is 0.662 bits per heavy atom. The molecule has 4 aromatic heterocycles. The number of imidazole rings is 1. The number of benzene rings is 6. The number of para-hydroxylation sites is 2. The average molecular weight is 1050 g/mol. The summed E-state index contributed by atoms with van der Waals surface area (Å²) >= 11 is 0. The Bertz CT molecular complexity index is 3240. The molecule has 0 amide bonds. The quantitative estimate of drug-likeness (QED) is 0.107. The van der Waals surface area contributed by atoms with E-state index in [1.807, 2.05) is 12.1 Å². The van der Waals surface area contributed by atoms with Gasteiger partial charge >= 0.3 is 0 Å². The van der Waals surface area contributed by atoms with Crippen LogP contribution in [0.4, 0.5) is 0 Å². The first-order valence-corrected chi connectivity index (χ1v) is 26.1. The van der Waals surface area contributed by atoms with Crippen molar-refractivity contribution in [2.75, 3.05) is 0 Å². The molecular weight excluding hydrogens is 989 g/mol. The van der Waals surface area contributed by atoms with Crippen molar-refractivity contribution in [3.05, 3.63) is 175 Å². The van der Waals surface area contributed by atoms with E-state index in [9.17, 15) is 0 Å². The molecule has 6 aromatic carbocycles. The van der Waals surface area contributed by atoms with Crippen LogP contribution in [-0.2, 0) is 26.5 Å². The van der Waals surface area contributed by atoms with Crippen molar-refractivity contribution in [3.63, 3.8) is 0 Å². The van der Waals surface area contributed by atoms with Gasteiger partial charge in [-0.05, 0) is 117 Å². The summed E-state index contributed by atoms with van der Waals surface area (Å²) in [4.78, 5) is 13.9. The van der Waals surface area contributed by atoms with Crippen LogP contribution in [0.5, 0.6) is 0 Å². The van der Waals surface area contributed by atoms with Gasteiger partial charge in [0.1, 0.15) is 5.58 Å². The monoisotopic (exact) mass is 1050 g/mol. The Balaban J connectivity index is 0.000000232. The van der Waals surface area contributed by atoms with Gasteiger partial charge in [0, 0.05) is 37.4 Å². The second-order valence-corrected chi connectivity index (χ2v) is 24.1. The molecule has 1 radical (unpaired) electrons. The molecule has 0 aliphatic heterocycles. The van der Waals surface area contributed by atoms with Crippen molar-refractivity contribution in [3.8, 4) is 39.5 Å². The minimum atomic E-state index is -1.35. The molecule has 329 valence electrons. The van der Waals surface area contributed by atoms with Crippen LogP contribution in [-0.4, -0.2) is 27.6 Å². The van der Waals surface area contributed by atoms with E-state index in [0.717, 1.165) is 62.0 Å². The fourth-order valence-corrected chi connectivity index (χ4v) is 10.6. The summed E-state index contributed by atoms with van der Waals surface area (Å²) in [6.45, 7) is 20.8. The molecule has 10 rings (SSSR count). The Kier molecular flexibility index (Phi) is 13.2. The van der Waals surface area contributed by atoms with Crippen molar-refractivity contribution in [1.82, 2.24) is 19.5 Å². The van der Waals surface area contributed by atoms with Crippen LogP contribution in [0.2, 0.25) is 19.6 Å². The summed E-state index contributed by atoms with van der Waals surface area (Å²) in [6, 6.07) is 51.8. The molecule has 0 saturated heterocycles. The Labute approximate surface area is 398 Å². The van der Waals surface area contributed by atoms with Gasteiger partial charge in [-0.3, -0.25) is 9.97 Å². The van der Waals surface area contributed by atoms with E-state index in [-0.39, 0.29) is 20.1 Å². The van der Waals surface area contributed by atoms with Gasteiger partial charge in [0.25, 0.3) is 0 Å². The Morgan fingerprint density at radius 2 is 1.32 bits per heavy atom. The maximum absolute atomic E-state index is 6.32. The summed E-state index contributed by atoms with van der Waals surface area (Å²) in [7, 11) is -1.35. The first kappa shape index (κ1) is 45.6. The number of furan rings is 1. The van der Waals surface area contributed by atoms with Gasteiger partial charge in [0.2, 0.25) is 0 Å². The molecule has 0 N–H and O–H groups in total. The van der Waals surface area contributed by atoms with E-state index in [0.29, 0.717) is 17.8 Å². The molecule has 10 aromatic rings. The zero-order valence-electron chi connectivity index (χ0n) is 38.8. The van der Waals surface area contributed by atoms with Gasteiger partial charge in [0.15, 0.2) is 0 Å². The number of rotatable bonds is 9. The third kappa shape index (κ3) is 9.29. The minimum absolute atomic E-state index is 0. The largest absolute Gasteiger partial charge is 0.500 e. The zero-order valence-corrected chi connectivity index (χ0v) is 42.2. The summed E-state index contributed by atoms with van der Waals surface area (Å²) < 4.78 is 8.70. The molecule has 5 nitrogen and oxygen atoms in total. The van der Waals surface area contributed by atoms with Crippen molar-refractivity contribution >= 4 is 57.0 Å². The van der Waals surface area contributed by atoms with Gasteiger partial charge in [-0.15, -0.1) is 29.8 Å². The van der Waals surface area contributed by atoms with Crippen molar-refractivity contribution < 1.29 is 24.5 Å². The van der Waals surface area contributed by atoms with Gasteiger partial charge in [-0.25, -0.2) is 0 Å². The van der Waals surface area contributed by atoms with E-state index in [4.69, 9.17) is 9.40 Å². The van der Waals surface area contributed by atoms with Crippen LogP contribution in [0, 0.1) is 18.1 Å². The summed E-state index contributed by atoms with van der Waals surface area (Å²) in [5.41, 5.74) is 14.5. The number of hydrogen-bond acceptors (Lipinski definition) is 4. The van der Waals surface area contributed by atoms with Crippen LogP contribution in [0.3, 0.4) is 0 Å². The van der Waals surface area contributed by atoms with Crippen LogP contribution in [0.15, 0.2) is 150 Å². The summed E-state index contributed by atoms with van der Waals surface area (Å²) in [5.74, 6) is 2.15. The Morgan fingerprint density at radius 3 is 1.98 bits per heavy atom. The molecule has 4 heterocycles. The molecule has 0 atom stereocenters. The molecule has 0 unspecified atom stereocenters. The molecular formula is C58H56IrN4OSi-2. The van der Waals surface area contributed by atoms with E-state index >= 15 is 0 Å². The summed E-state index contributed by atoms with van der Waals surface area (Å²) in [6.07, 6.45) is 6.70. The van der Waals surface area contributed by atoms with Crippen molar-refractivity contribution in [2.45, 2.75) is 79.4 Å². The topological polar surface area (TPSA) is 56.7 Å². The first-order chi connectivity index (χ1) is 30.8. The van der Waals surface area contributed by atoms with Gasteiger partial charge in [-0.1, -0.05) is 145 Å². The summed E-state index contributed by atoms with van der Waals surface area (Å²) in [5, 5.41) is 6.03. The molecule has 0 spiro atoms. The number of fused-ring (bicyclic) bond motifs is 5. The van der Waals surface area contributed by atoms with Crippen LogP contribution in [0.25, 0.3) is 83.2 Å². The molecule has 0 aliphatic rings. The van der Waals surface area contributed by atoms with Crippen LogP contribution < -0.4 is 5.19 Å². The van der Waals surface area contributed by atoms with E-state index in [2.05, 4.69) is 209 Å². The zero-order chi connectivity index (χ0) is 44.7. The number of nitrogens with zero attached hydrogens (tertiary/aromatic N) is 4. The Hall–Kier alpha value is -5.98. The maximum Gasteiger partial charge on any atom is 0.121 e. The normalized spacial score (nSPS) is 11.8. The second kappa shape index (κ2) is 18.9. The van der Waals surface area contributed by atoms with Crippen LogP contribution >= 0.6 is 0 Å². The number of aromatic nitrogens is 4. The molecule has 65 heavy (non-hydrogen) atoms. The number of pyridine rings is 2. The molecule has 0 saturated carbocycles. The molecule has 0 bridgehead atoms. The predicted molar refractivity (Wildman–Crippen MR) is 272 cm³/mol. The SMILES string of the molecule is CC(C)Cc1cc(-c2[c-]cncc2)ncc1[Si](C)(C)C.CC(C)c1cc(-c2ccccc2)cc(C(C)C)c1-n1c(-c2[c-]cc3oc4cc5ccccc5cc4c3c2)nc2ccccc21.[Ir]. The minimum Gasteiger partial charge on any atom is -0.500 e. The van der Waals surface area contributed by atoms with Crippen molar-refractivity contribution in [2.24, 2.45) is 5.92 Å². The van der Waals surface area contributed by atoms with E-state index < -0.39 is 8.07 Å². The van der Waals surface area contributed by atoms with Gasteiger partial charge < -0.3 is 14.0 Å². The van der Waals surface area contributed by atoms with Crippen molar-refractivity contribution in [1.29, 1.82) is 0 Å². The fraction of sp³-hybridized carbons (Fsp3) is 0.224. The maximum atomic E-state index is 6.32. The van der Waals surface area contributed by atoms with Gasteiger partial charge in [0.05, 0.1) is 30.5 Å². The average Bonchev–Trinajstić information content (AvgIpc) is 3.85. The van der Waals surface area contributed by atoms with E-state index in [1.165, 1.54) is 49.5 Å². The molecule has 7 heteroatoms. The third-order valence-corrected chi connectivity index (χ3v) is 14.2. The smallest absolute Gasteiger partial charge is 0.121 e. The number of hydrogen-bond donors (Lipinski definition) is 0. The third-order valence-electron chi connectivity index (χ3n) is 12.1. The van der Waals surface area contributed by atoms with E-state index in [1.54, 1.807) is 12.4 Å².